The number of halogens is 6. The van der Waals surface area contributed by atoms with E-state index in [1.807, 2.05) is 0 Å². The lowest BCUT2D eigenvalue weighted by Gasteiger charge is -2.33. The number of alkyl halides is 6. The highest BCUT2D eigenvalue weighted by Crippen LogP contribution is 2.55. The Morgan fingerprint density at radius 2 is 1.56 bits per heavy atom. The number of aromatic carboxylic acids is 1. The van der Waals surface area contributed by atoms with Crippen LogP contribution in [0.25, 0.3) is 0 Å². The molecule has 0 radical (unpaired) electrons. The van der Waals surface area contributed by atoms with Crippen LogP contribution >= 0.6 is 0 Å². The Morgan fingerprint density at radius 3 is 1.96 bits per heavy atom. The second kappa shape index (κ2) is 6.23. The number of amides is 1. The first-order valence-corrected chi connectivity index (χ1v) is 7.11. The van der Waals surface area contributed by atoms with E-state index in [0.29, 0.717) is 10.5 Å². The highest BCUT2D eigenvalue weighted by atomic mass is 19.4. The Bertz CT molecular complexity index is 651. The Kier molecular flexibility index (Phi) is 4.75. The largest absolute Gasteiger partial charge is 0.478 e. The molecule has 0 unspecified atom stereocenters. The molecular formula is C15H13F6NO3. The molecule has 0 bridgehead atoms. The van der Waals surface area contributed by atoms with Crippen molar-refractivity contribution in [3.63, 3.8) is 0 Å². The Hall–Kier alpha value is -2.26. The molecule has 2 rings (SSSR count). The van der Waals surface area contributed by atoms with E-state index in [-0.39, 0.29) is 5.56 Å². The summed E-state index contributed by atoms with van der Waals surface area (Å²) in [7, 11) is 0. The average Bonchev–Trinajstić information content (AvgIpc) is 2.94. The molecule has 1 aliphatic rings. The van der Waals surface area contributed by atoms with E-state index in [0.717, 1.165) is 0 Å². The topological polar surface area (TPSA) is 57.6 Å². The van der Waals surface area contributed by atoms with Gasteiger partial charge in [-0.15, -0.1) is 0 Å². The first kappa shape index (κ1) is 19.1. The first-order chi connectivity index (χ1) is 11.4. The van der Waals surface area contributed by atoms with Crippen LogP contribution in [0.5, 0.6) is 0 Å². The Morgan fingerprint density at radius 1 is 1.04 bits per heavy atom. The van der Waals surface area contributed by atoms with Crippen molar-refractivity contribution in [2.75, 3.05) is 13.1 Å². The normalized spacial score (nSPS) is 17.6. The van der Waals surface area contributed by atoms with Crippen LogP contribution < -0.4 is 0 Å². The van der Waals surface area contributed by atoms with Gasteiger partial charge in [-0.05, 0) is 24.1 Å². The molecule has 0 atom stereocenters. The fraction of sp³-hybridized carbons (Fsp3) is 0.467. The average molecular weight is 369 g/mol. The number of hydrogen-bond donors (Lipinski definition) is 1. The fourth-order valence-corrected chi connectivity index (χ4v) is 2.70. The number of rotatable bonds is 3. The molecule has 1 fully saturated rings. The summed E-state index contributed by atoms with van der Waals surface area (Å²) in [4.78, 5) is 23.3. The van der Waals surface area contributed by atoms with Gasteiger partial charge in [-0.3, -0.25) is 4.79 Å². The molecule has 10 heteroatoms. The minimum Gasteiger partial charge on any atom is -0.478 e. The van der Waals surface area contributed by atoms with E-state index in [2.05, 4.69) is 0 Å². The second-order valence-electron chi connectivity index (χ2n) is 5.82. The van der Waals surface area contributed by atoms with E-state index in [1.54, 1.807) is 0 Å². The summed E-state index contributed by atoms with van der Waals surface area (Å²) < 4.78 is 77.9. The molecule has 138 valence electrons. The predicted molar refractivity (Wildman–Crippen MR) is 72.8 cm³/mol. The van der Waals surface area contributed by atoms with Gasteiger partial charge in [0, 0.05) is 13.1 Å². The van der Waals surface area contributed by atoms with Gasteiger partial charge in [0.2, 0.25) is 5.91 Å². The minimum atomic E-state index is -5.51. The molecule has 1 amide bonds. The molecule has 25 heavy (non-hydrogen) atoms. The van der Waals surface area contributed by atoms with Crippen molar-refractivity contribution in [1.82, 2.24) is 4.90 Å². The molecule has 0 aliphatic carbocycles. The quantitative estimate of drug-likeness (QED) is 0.832. The van der Waals surface area contributed by atoms with Crippen molar-refractivity contribution in [3.05, 3.63) is 35.4 Å². The lowest BCUT2D eigenvalue weighted by atomic mass is 9.85. The molecule has 4 nitrogen and oxygen atoms in total. The lowest BCUT2D eigenvalue weighted by Crippen LogP contribution is -2.52. The van der Waals surface area contributed by atoms with E-state index in [4.69, 9.17) is 5.11 Å². The van der Waals surface area contributed by atoms with Crippen molar-refractivity contribution < 1.29 is 41.0 Å². The zero-order valence-electron chi connectivity index (χ0n) is 12.6. The van der Waals surface area contributed by atoms with Crippen LogP contribution in [0.1, 0.15) is 22.3 Å². The third kappa shape index (κ3) is 3.57. The standard InChI is InChI=1S/C15H13F6NO3/c16-14(17,18)13(15(19,20)21)5-6-22(8-13)11(23)7-9-1-3-10(4-2-9)12(24)25/h1-4H,5-8H2,(H,24,25). The summed E-state index contributed by atoms with van der Waals surface area (Å²) in [6.07, 6.45) is -12.7. The van der Waals surface area contributed by atoms with Crippen molar-refractivity contribution >= 4 is 11.9 Å². The molecule has 0 aromatic heterocycles. The number of carboxylic acid groups (broad SMARTS) is 1. The van der Waals surface area contributed by atoms with Gasteiger partial charge < -0.3 is 10.0 Å². The number of likely N-dealkylation sites (tertiary alicyclic amines) is 1. The third-order valence-corrected chi connectivity index (χ3v) is 4.26. The van der Waals surface area contributed by atoms with Crippen LogP contribution in [0.15, 0.2) is 24.3 Å². The summed E-state index contributed by atoms with van der Waals surface area (Å²) in [5, 5.41) is 8.75. The van der Waals surface area contributed by atoms with Crippen LogP contribution in [0.4, 0.5) is 26.3 Å². The monoisotopic (exact) mass is 369 g/mol. The summed E-state index contributed by atoms with van der Waals surface area (Å²) in [5.41, 5.74) is -3.67. The van der Waals surface area contributed by atoms with Gasteiger partial charge in [0.15, 0.2) is 5.41 Å². The van der Waals surface area contributed by atoms with Gasteiger partial charge in [0.05, 0.1) is 12.0 Å². The van der Waals surface area contributed by atoms with Gasteiger partial charge in [0.1, 0.15) is 0 Å². The van der Waals surface area contributed by atoms with Crippen molar-refractivity contribution in [3.8, 4) is 0 Å². The van der Waals surface area contributed by atoms with Crippen LogP contribution in [0.3, 0.4) is 0 Å². The zero-order chi connectivity index (χ0) is 19.0. The number of benzene rings is 1. The van der Waals surface area contributed by atoms with Gasteiger partial charge in [-0.2, -0.15) is 26.3 Å². The maximum atomic E-state index is 13.0. The fourth-order valence-electron chi connectivity index (χ4n) is 2.70. The molecular weight excluding hydrogens is 356 g/mol. The molecule has 1 aromatic carbocycles. The van der Waals surface area contributed by atoms with Crippen molar-refractivity contribution in [2.45, 2.75) is 25.2 Å². The van der Waals surface area contributed by atoms with Crippen LogP contribution in [0.2, 0.25) is 0 Å². The van der Waals surface area contributed by atoms with Crippen LogP contribution in [0, 0.1) is 5.41 Å². The number of hydrogen-bond acceptors (Lipinski definition) is 2. The van der Waals surface area contributed by atoms with Gasteiger partial charge in [-0.25, -0.2) is 4.79 Å². The van der Waals surface area contributed by atoms with E-state index in [9.17, 15) is 35.9 Å². The van der Waals surface area contributed by atoms with Crippen molar-refractivity contribution in [1.29, 1.82) is 0 Å². The number of carboxylic acids is 1. The molecule has 1 aromatic rings. The van der Waals surface area contributed by atoms with Gasteiger partial charge >= 0.3 is 18.3 Å². The maximum Gasteiger partial charge on any atom is 0.404 e. The van der Waals surface area contributed by atoms with Gasteiger partial charge in [-0.1, -0.05) is 12.1 Å². The van der Waals surface area contributed by atoms with Crippen LogP contribution in [-0.4, -0.2) is 47.3 Å². The zero-order valence-corrected chi connectivity index (χ0v) is 12.6. The maximum absolute atomic E-state index is 13.0. The molecule has 0 spiro atoms. The molecule has 1 heterocycles. The van der Waals surface area contributed by atoms with E-state index < -0.39 is 55.6 Å². The summed E-state index contributed by atoms with van der Waals surface area (Å²) in [6.45, 7) is -2.11. The lowest BCUT2D eigenvalue weighted by molar-refractivity contribution is -0.334. The number of nitrogens with zero attached hydrogens (tertiary/aromatic N) is 1. The predicted octanol–water partition coefficient (Wildman–Crippen LogP) is 3.27. The summed E-state index contributed by atoms with van der Waals surface area (Å²) in [6, 6.07) is 4.98. The molecule has 0 saturated carbocycles. The minimum absolute atomic E-state index is 0.0504. The highest BCUT2D eigenvalue weighted by Gasteiger charge is 2.72. The highest BCUT2D eigenvalue weighted by molar-refractivity contribution is 5.87. The third-order valence-electron chi connectivity index (χ3n) is 4.26. The molecule has 1 aliphatic heterocycles. The second-order valence-corrected chi connectivity index (χ2v) is 5.82. The number of carbonyl (C=O) groups excluding carboxylic acids is 1. The number of carbonyl (C=O) groups is 2. The molecule has 1 saturated heterocycles. The SMILES string of the molecule is O=C(O)c1ccc(CC(=O)N2CCC(C(F)(F)F)(C(F)(F)F)C2)cc1. The Balaban J connectivity index is 2.13. The van der Waals surface area contributed by atoms with Crippen LogP contribution in [-0.2, 0) is 11.2 Å². The summed E-state index contributed by atoms with van der Waals surface area (Å²) in [5.74, 6) is -2.07. The van der Waals surface area contributed by atoms with Gasteiger partial charge in [0.25, 0.3) is 0 Å². The smallest absolute Gasteiger partial charge is 0.404 e. The van der Waals surface area contributed by atoms with E-state index >= 15 is 0 Å². The summed E-state index contributed by atoms with van der Waals surface area (Å²) >= 11 is 0. The first-order valence-electron chi connectivity index (χ1n) is 7.11. The Labute approximate surface area is 138 Å². The van der Waals surface area contributed by atoms with E-state index in [1.165, 1.54) is 24.3 Å². The van der Waals surface area contributed by atoms with Crippen molar-refractivity contribution in [2.24, 2.45) is 5.41 Å². The molecule has 1 N–H and O–H groups in total.